The summed E-state index contributed by atoms with van der Waals surface area (Å²) in [6.07, 6.45) is 0. The van der Waals surface area contributed by atoms with Crippen molar-refractivity contribution in [3.63, 3.8) is 0 Å². The summed E-state index contributed by atoms with van der Waals surface area (Å²) in [4.78, 5) is 23.8. The van der Waals surface area contributed by atoms with Crippen molar-refractivity contribution in [2.45, 2.75) is 6.92 Å². The van der Waals surface area contributed by atoms with Gasteiger partial charge in [0.15, 0.2) is 0 Å². The third-order valence-electron chi connectivity index (χ3n) is 3.20. The van der Waals surface area contributed by atoms with Crippen molar-refractivity contribution in [1.29, 1.82) is 0 Å². The molecule has 2 amide bonds. The maximum absolute atomic E-state index is 13.6. The molecule has 0 aliphatic heterocycles. The third kappa shape index (κ3) is 4.53. The molecule has 4 nitrogen and oxygen atoms in total. The van der Waals surface area contributed by atoms with Gasteiger partial charge < -0.3 is 10.6 Å². The average molecular weight is 335 g/mol. The zero-order valence-corrected chi connectivity index (χ0v) is 13.3. The van der Waals surface area contributed by atoms with Gasteiger partial charge in [-0.25, -0.2) is 4.39 Å². The van der Waals surface area contributed by atoms with Crippen molar-refractivity contribution in [2.75, 3.05) is 13.1 Å². The Hall–Kier alpha value is -2.40. The van der Waals surface area contributed by atoms with Crippen LogP contribution in [0.25, 0.3) is 0 Å². The summed E-state index contributed by atoms with van der Waals surface area (Å²) in [5, 5.41) is 5.24. The largest absolute Gasteiger partial charge is 0.350 e. The van der Waals surface area contributed by atoms with Gasteiger partial charge >= 0.3 is 0 Å². The van der Waals surface area contributed by atoms with Crippen molar-refractivity contribution < 1.29 is 14.0 Å². The zero-order chi connectivity index (χ0) is 16.8. The molecule has 0 heterocycles. The number of carbonyl (C=O) groups excluding carboxylic acids is 2. The highest BCUT2D eigenvalue weighted by molar-refractivity contribution is 6.33. The first-order valence-corrected chi connectivity index (χ1v) is 7.44. The van der Waals surface area contributed by atoms with Crippen LogP contribution in [0, 0.1) is 12.7 Å². The fourth-order valence-electron chi connectivity index (χ4n) is 1.96. The van der Waals surface area contributed by atoms with E-state index in [-0.39, 0.29) is 29.6 Å². The molecule has 2 aromatic carbocycles. The first-order valence-electron chi connectivity index (χ1n) is 7.06. The van der Waals surface area contributed by atoms with Crippen LogP contribution in [-0.2, 0) is 0 Å². The Labute approximate surface area is 138 Å². The van der Waals surface area contributed by atoms with Crippen LogP contribution in [0.5, 0.6) is 0 Å². The Morgan fingerprint density at radius 1 is 1.00 bits per heavy atom. The van der Waals surface area contributed by atoms with Crippen LogP contribution in [0.3, 0.4) is 0 Å². The van der Waals surface area contributed by atoms with E-state index in [2.05, 4.69) is 10.6 Å². The van der Waals surface area contributed by atoms with E-state index >= 15 is 0 Å². The summed E-state index contributed by atoms with van der Waals surface area (Å²) in [6, 6.07) is 11.2. The lowest BCUT2D eigenvalue weighted by molar-refractivity contribution is 0.0925. The van der Waals surface area contributed by atoms with E-state index in [1.165, 1.54) is 18.2 Å². The Morgan fingerprint density at radius 3 is 2.22 bits per heavy atom. The molecule has 0 bridgehead atoms. The smallest absolute Gasteiger partial charge is 0.255 e. The van der Waals surface area contributed by atoms with E-state index in [0.29, 0.717) is 5.56 Å². The molecule has 0 radical (unpaired) electrons. The second kappa shape index (κ2) is 7.74. The molecular formula is C17H16ClFN2O2. The molecule has 6 heteroatoms. The molecular weight excluding hydrogens is 319 g/mol. The fourth-order valence-corrected chi connectivity index (χ4v) is 2.21. The van der Waals surface area contributed by atoms with E-state index in [1.54, 1.807) is 12.1 Å². The van der Waals surface area contributed by atoms with E-state index < -0.39 is 11.7 Å². The predicted octanol–water partition coefficient (Wildman–Crippen LogP) is 2.95. The first kappa shape index (κ1) is 17.0. The van der Waals surface area contributed by atoms with Gasteiger partial charge in [-0.15, -0.1) is 0 Å². The van der Waals surface area contributed by atoms with Crippen molar-refractivity contribution in [3.05, 3.63) is 70.0 Å². The van der Waals surface area contributed by atoms with Gasteiger partial charge in [-0.1, -0.05) is 35.4 Å². The molecule has 0 saturated carbocycles. The second-order valence-corrected chi connectivity index (χ2v) is 5.38. The molecule has 0 spiro atoms. The standard InChI is InChI=1S/C17H16ClFN2O2/c1-11-5-7-12(8-6-11)16(22)20-9-10-21-17(23)15-13(18)3-2-4-14(15)19/h2-8H,9-10H2,1H3,(H,20,22)(H,21,23). The minimum Gasteiger partial charge on any atom is -0.350 e. The molecule has 0 saturated heterocycles. The Kier molecular flexibility index (Phi) is 5.71. The monoisotopic (exact) mass is 334 g/mol. The molecule has 0 aromatic heterocycles. The average Bonchev–Trinajstić information content (AvgIpc) is 2.52. The van der Waals surface area contributed by atoms with Gasteiger partial charge in [0.05, 0.1) is 10.6 Å². The lowest BCUT2D eigenvalue weighted by atomic mass is 10.1. The van der Waals surface area contributed by atoms with Gasteiger partial charge in [0, 0.05) is 18.7 Å². The Bertz CT molecular complexity index is 697. The fraction of sp³-hybridized carbons (Fsp3) is 0.176. The molecule has 2 rings (SSSR count). The van der Waals surface area contributed by atoms with Gasteiger partial charge in [0.25, 0.3) is 11.8 Å². The van der Waals surface area contributed by atoms with E-state index in [1.807, 2.05) is 19.1 Å². The number of halogens is 2. The number of rotatable bonds is 5. The van der Waals surface area contributed by atoms with E-state index in [0.717, 1.165) is 5.56 Å². The van der Waals surface area contributed by atoms with Crippen LogP contribution < -0.4 is 10.6 Å². The Balaban J connectivity index is 1.82. The molecule has 0 unspecified atom stereocenters. The molecule has 2 aromatic rings. The van der Waals surface area contributed by atoms with Crippen LogP contribution in [0.1, 0.15) is 26.3 Å². The minimum absolute atomic E-state index is 0.0474. The number of benzene rings is 2. The van der Waals surface area contributed by atoms with Crippen LogP contribution in [-0.4, -0.2) is 24.9 Å². The van der Waals surface area contributed by atoms with Crippen molar-refractivity contribution in [3.8, 4) is 0 Å². The van der Waals surface area contributed by atoms with Gasteiger partial charge in [0.2, 0.25) is 0 Å². The molecule has 120 valence electrons. The summed E-state index contributed by atoms with van der Waals surface area (Å²) < 4.78 is 13.6. The van der Waals surface area contributed by atoms with Crippen LogP contribution in [0.4, 0.5) is 4.39 Å². The lowest BCUT2D eigenvalue weighted by Crippen LogP contribution is -2.35. The topological polar surface area (TPSA) is 58.2 Å². The molecule has 0 aliphatic carbocycles. The Morgan fingerprint density at radius 2 is 1.61 bits per heavy atom. The van der Waals surface area contributed by atoms with Crippen molar-refractivity contribution in [2.24, 2.45) is 0 Å². The maximum Gasteiger partial charge on any atom is 0.255 e. The highest BCUT2D eigenvalue weighted by Gasteiger charge is 2.15. The highest BCUT2D eigenvalue weighted by Crippen LogP contribution is 2.18. The third-order valence-corrected chi connectivity index (χ3v) is 3.51. The van der Waals surface area contributed by atoms with Crippen LogP contribution in [0.2, 0.25) is 5.02 Å². The summed E-state index contributed by atoms with van der Waals surface area (Å²) >= 11 is 5.81. The number of carbonyl (C=O) groups is 2. The normalized spacial score (nSPS) is 10.2. The number of amides is 2. The summed E-state index contributed by atoms with van der Waals surface area (Å²) in [6.45, 7) is 2.33. The number of aryl methyl sites for hydroxylation is 1. The summed E-state index contributed by atoms with van der Waals surface area (Å²) in [5.74, 6) is -1.53. The number of hydrogen-bond donors (Lipinski definition) is 2. The van der Waals surface area contributed by atoms with E-state index in [4.69, 9.17) is 11.6 Å². The van der Waals surface area contributed by atoms with E-state index in [9.17, 15) is 14.0 Å². The summed E-state index contributed by atoms with van der Waals surface area (Å²) in [5.41, 5.74) is 1.41. The lowest BCUT2D eigenvalue weighted by Gasteiger charge is -2.09. The van der Waals surface area contributed by atoms with Gasteiger partial charge in [0.1, 0.15) is 5.82 Å². The SMILES string of the molecule is Cc1ccc(C(=O)NCCNC(=O)c2c(F)cccc2Cl)cc1. The summed E-state index contributed by atoms with van der Waals surface area (Å²) in [7, 11) is 0. The molecule has 23 heavy (non-hydrogen) atoms. The van der Waals surface area contributed by atoms with Crippen LogP contribution >= 0.6 is 11.6 Å². The molecule has 2 N–H and O–H groups in total. The second-order valence-electron chi connectivity index (χ2n) is 4.97. The van der Waals surface area contributed by atoms with Gasteiger partial charge in [-0.3, -0.25) is 9.59 Å². The highest BCUT2D eigenvalue weighted by atomic mass is 35.5. The quantitative estimate of drug-likeness (QED) is 0.826. The van der Waals surface area contributed by atoms with Crippen molar-refractivity contribution >= 4 is 23.4 Å². The molecule has 0 atom stereocenters. The number of nitrogens with one attached hydrogen (secondary N) is 2. The predicted molar refractivity (Wildman–Crippen MR) is 87.3 cm³/mol. The minimum atomic E-state index is -0.682. The molecule has 0 fully saturated rings. The molecule has 0 aliphatic rings. The first-order chi connectivity index (χ1) is 11.0. The zero-order valence-electron chi connectivity index (χ0n) is 12.5. The van der Waals surface area contributed by atoms with Gasteiger partial charge in [-0.05, 0) is 31.2 Å². The number of hydrogen-bond acceptors (Lipinski definition) is 2. The maximum atomic E-state index is 13.6. The van der Waals surface area contributed by atoms with Gasteiger partial charge in [-0.2, -0.15) is 0 Å². The van der Waals surface area contributed by atoms with Crippen LogP contribution in [0.15, 0.2) is 42.5 Å². The van der Waals surface area contributed by atoms with Crippen molar-refractivity contribution in [1.82, 2.24) is 10.6 Å².